The van der Waals surface area contributed by atoms with Gasteiger partial charge in [0.15, 0.2) is 17.3 Å². The molecule has 3 rings (SSSR count). The fourth-order valence-corrected chi connectivity index (χ4v) is 3.50. The van der Waals surface area contributed by atoms with Crippen LogP contribution in [0.4, 0.5) is 14.5 Å². The molecule has 0 aromatic heterocycles. The van der Waals surface area contributed by atoms with E-state index in [1.807, 2.05) is 6.92 Å². The predicted octanol–water partition coefficient (Wildman–Crippen LogP) is 2.84. The summed E-state index contributed by atoms with van der Waals surface area (Å²) in [5, 5.41) is 12.4. The van der Waals surface area contributed by atoms with E-state index in [9.17, 15) is 23.5 Å². The van der Waals surface area contributed by atoms with Gasteiger partial charge in [-0.15, -0.1) is 0 Å². The highest BCUT2D eigenvalue weighted by atomic mass is 19.2. The second kappa shape index (κ2) is 5.18. The van der Waals surface area contributed by atoms with Gasteiger partial charge in [0.25, 0.3) is 0 Å². The molecule has 1 heterocycles. The van der Waals surface area contributed by atoms with Crippen molar-refractivity contribution < 1.29 is 28.2 Å². The smallest absolute Gasteiger partial charge is 0.316 e. The predicted molar refractivity (Wildman–Crippen MR) is 77.7 cm³/mol. The van der Waals surface area contributed by atoms with Gasteiger partial charge in [-0.1, -0.05) is 6.92 Å². The molecular weight excluding hydrogens is 308 g/mol. The van der Waals surface area contributed by atoms with Crippen LogP contribution in [0.5, 0.6) is 5.75 Å². The summed E-state index contributed by atoms with van der Waals surface area (Å²) < 4.78 is 32.5. The maximum Gasteiger partial charge on any atom is 0.316 e. The van der Waals surface area contributed by atoms with Crippen LogP contribution in [0.25, 0.3) is 0 Å². The summed E-state index contributed by atoms with van der Waals surface area (Å²) in [5.41, 5.74) is -0.457. The molecule has 1 aliphatic heterocycles. The first-order valence-corrected chi connectivity index (χ1v) is 7.46. The number of ketones is 1. The van der Waals surface area contributed by atoms with Gasteiger partial charge in [0, 0.05) is 5.56 Å². The Morgan fingerprint density at radius 1 is 1.48 bits per heavy atom. The van der Waals surface area contributed by atoms with E-state index < -0.39 is 41.1 Å². The number of hydrogen-bond donors (Lipinski definition) is 2. The minimum absolute atomic E-state index is 0.0404. The van der Waals surface area contributed by atoms with E-state index in [2.05, 4.69) is 5.32 Å². The van der Waals surface area contributed by atoms with Crippen molar-refractivity contribution in [1.82, 2.24) is 0 Å². The number of benzene rings is 1. The molecule has 0 saturated heterocycles. The minimum Gasteiger partial charge on any atom is -0.491 e. The van der Waals surface area contributed by atoms with Crippen LogP contribution in [0.1, 0.15) is 36.5 Å². The highest BCUT2D eigenvalue weighted by Crippen LogP contribution is 2.56. The van der Waals surface area contributed by atoms with Crippen molar-refractivity contribution in [3.63, 3.8) is 0 Å². The Morgan fingerprint density at radius 2 is 2.13 bits per heavy atom. The number of carbonyl (C=O) groups excluding carboxylic acids is 1. The van der Waals surface area contributed by atoms with Gasteiger partial charge in [0.1, 0.15) is 5.92 Å². The average molecular weight is 325 g/mol. The van der Waals surface area contributed by atoms with Gasteiger partial charge >= 0.3 is 5.97 Å². The molecule has 1 saturated carbocycles. The van der Waals surface area contributed by atoms with Gasteiger partial charge < -0.3 is 15.2 Å². The third kappa shape index (κ3) is 2.17. The number of hydrogen-bond acceptors (Lipinski definition) is 4. The largest absolute Gasteiger partial charge is 0.491 e. The number of rotatable bonds is 4. The molecule has 1 fully saturated rings. The van der Waals surface area contributed by atoms with Crippen LogP contribution in [0, 0.1) is 23.0 Å². The summed E-state index contributed by atoms with van der Waals surface area (Å²) in [6, 6.07) is 0.0731. The van der Waals surface area contributed by atoms with E-state index in [0.717, 1.165) is 18.9 Å². The number of anilines is 1. The second-order valence-corrected chi connectivity index (χ2v) is 6.15. The molecule has 2 N–H and O–H groups in total. The topological polar surface area (TPSA) is 75.6 Å². The SMILES string of the molecule is CCC1(C2Nc3c(cc(F)c(F)c3OC)C(=O)C2C(=O)O)CC1. The van der Waals surface area contributed by atoms with Crippen LogP contribution in [0.2, 0.25) is 0 Å². The van der Waals surface area contributed by atoms with E-state index >= 15 is 0 Å². The number of halogens is 2. The van der Waals surface area contributed by atoms with Crippen molar-refractivity contribution in [3.8, 4) is 5.75 Å². The minimum atomic E-state index is -1.32. The number of Topliss-reactive ketones (excluding diaryl/α,β-unsaturated/α-hetero) is 1. The number of nitrogens with one attached hydrogen (secondary N) is 1. The average Bonchev–Trinajstić information content (AvgIpc) is 3.30. The number of fused-ring (bicyclic) bond motifs is 1. The zero-order valence-electron chi connectivity index (χ0n) is 12.8. The number of aliphatic carboxylic acids is 1. The van der Waals surface area contributed by atoms with Crippen LogP contribution < -0.4 is 10.1 Å². The van der Waals surface area contributed by atoms with Crippen LogP contribution in [0.15, 0.2) is 6.07 Å². The first-order chi connectivity index (χ1) is 10.9. The second-order valence-electron chi connectivity index (χ2n) is 6.15. The molecule has 5 nitrogen and oxygen atoms in total. The molecule has 1 aromatic rings. The van der Waals surface area contributed by atoms with Gasteiger partial charge in [0.2, 0.25) is 5.82 Å². The van der Waals surface area contributed by atoms with Crippen molar-refractivity contribution in [1.29, 1.82) is 0 Å². The van der Waals surface area contributed by atoms with E-state index in [0.29, 0.717) is 6.42 Å². The summed E-state index contributed by atoms with van der Waals surface area (Å²) in [6.07, 6.45) is 2.28. The molecular formula is C16H17F2NO4. The molecule has 2 aliphatic rings. The number of carboxylic acids is 1. The molecule has 23 heavy (non-hydrogen) atoms. The molecule has 1 aromatic carbocycles. The van der Waals surface area contributed by atoms with Crippen LogP contribution in [-0.4, -0.2) is 30.0 Å². The first kappa shape index (κ1) is 15.7. The van der Waals surface area contributed by atoms with Crippen molar-refractivity contribution in [2.24, 2.45) is 11.3 Å². The van der Waals surface area contributed by atoms with Crippen molar-refractivity contribution in [3.05, 3.63) is 23.3 Å². The third-order valence-electron chi connectivity index (χ3n) is 5.08. The normalized spacial score (nSPS) is 24.6. The zero-order chi connectivity index (χ0) is 16.9. The van der Waals surface area contributed by atoms with E-state index in [4.69, 9.17) is 4.74 Å². The number of methoxy groups -OCH3 is 1. The molecule has 7 heteroatoms. The Kier molecular flexibility index (Phi) is 3.54. The highest BCUT2D eigenvalue weighted by molar-refractivity contribution is 6.14. The maximum atomic E-state index is 13.9. The van der Waals surface area contributed by atoms with Crippen molar-refractivity contribution in [2.75, 3.05) is 12.4 Å². The highest BCUT2D eigenvalue weighted by Gasteiger charge is 2.57. The van der Waals surface area contributed by atoms with E-state index in [-0.39, 0.29) is 16.7 Å². The monoisotopic (exact) mass is 325 g/mol. The van der Waals surface area contributed by atoms with Gasteiger partial charge in [0.05, 0.1) is 18.8 Å². The van der Waals surface area contributed by atoms with Gasteiger partial charge in [-0.3, -0.25) is 9.59 Å². The van der Waals surface area contributed by atoms with Crippen molar-refractivity contribution >= 4 is 17.4 Å². The third-order valence-corrected chi connectivity index (χ3v) is 5.08. The van der Waals surface area contributed by atoms with E-state index in [1.165, 1.54) is 7.11 Å². The molecule has 2 unspecified atom stereocenters. The van der Waals surface area contributed by atoms with Crippen LogP contribution in [-0.2, 0) is 4.79 Å². The Balaban J connectivity index is 2.18. The summed E-state index contributed by atoms with van der Waals surface area (Å²) in [6.45, 7) is 1.93. The quantitative estimate of drug-likeness (QED) is 0.833. The molecule has 0 radical (unpaired) electrons. The molecule has 2 atom stereocenters. The standard InChI is InChI=1S/C16H17F2NO4/c1-3-16(4-5-16)14-9(15(21)22)12(20)7-6-8(17)10(18)13(23-2)11(7)19-14/h6,9,14,19H,3-5H2,1-2H3,(H,21,22). The molecule has 0 bridgehead atoms. The lowest BCUT2D eigenvalue weighted by atomic mass is 9.76. The Morgan fingerprint density at radius 3 is 2.61 bits per heavy atom. The fraction of sp³-hybridized carbons (Fsp3) is 0.500. The molecule has 0 spiro atoms. The maximum absolute atomic E-state index is 13.9. The van der Waals surface area contributed by atoms with Gasteiger partial charge in [-0.2, -0.15) is 4.39 Å². The number of carbonyl (C=O) groups is 2. The summed E-state index contributed by atoms with van der Waals surface area (Å²) >= 11 is 0. The fourth-order valence-electron chi connectivity index (χ4n) is 3.50. The molecule has 0 amide bonds. The lowest BCUT2D eigenvalue weighted by Gasteiger charge is -2.37. The zero-order valence-corrected chi connectivity index (χ0v) is 12.8. The van der Waals surface area contributed by atoms with Crippen molar-refractivity contribution in [2.45, 2.75) is 32.2 Å². The number of ether oxygens (including phenoxy) is 1. The van der Waals surface area contributed by atoms with Gasteiger partial charge in [-0.25, -0.2) is 4.39 Å². The lowest BCUT2D eigenvalue weighted by Crippen LogP contribution is -2.49. The van der Waals surface area contributed by atoms with E-state index in [1.54, 1.807) is 0 Å². The van der Waals surface area contributed by atoms with Crippen LogP contribution >= 0.6 is 0 Å². The summed E-state index contributed by atoms with van der Waals surface area (Å²) in [7, 11) is 1.18. The summed E-state index contributed by atoms with van der Waals surface area (Å²) in [5.74, 6) is -6.13. The van der Waals surface area contributed by atoms with Gasteiger partial charge in [-0.05, 0) is 30.7 Å². The Bertz CT molecular complexity index is 700. The first-order valence-electron chi connectivity index (χ1n) is 7.46. The Hall–Kier alpha value is -2.18. The Labute approximate surface area is 131 Å². The molecule has 1 aliphatic carbocycles. The molecule has 124 valence electrons. The van der Waals surface area contributed by atoms with Crippen LogP contribution in [0.3, 0.4) is 0 Å². The number of carboxylic acid groups (broad SMARTS) is 1. The lowest BCUT2D eigenvalue weighted by molar-refractivity contribution is -0.141. The summed E-state index contributed by atoms with van der Waals surface area (Å²) in [4.78, 5) is 24.2.